The van der Waals surface area contributed by atoms with Crippen molar-refractivity contribution in [1.82, 2.24) is 5.32 Å². The summed E-state index contributed by atoms with van der Waals surface area (Å²) in [5, 5.41) is 2.89. The number of amides is 3. The van der Waals surface area contributed by atoms with E-state index in [1.54, 1.807) is 24.3 Å². The first-order valence-electron chi connectivity index (χ1n) is 8.83. The molecule has 3 amide bonds. The van der Waals surface area contributed by atoms with Gasteiger partial charge in [-0.05, 0) is 12.1 Å². The topological polar surface area (TPSA) is 75.7 Å². The molecule has 0 aliphatic carbocycles. The summed E-state index contributed by atoms with van der Waals surface area (Å²) in [7, 11) is 0. The predicted octanol–water partition coefficient (Wildman–Crippen LogP) is 1.66. The first-order chi connectivity index (χ1) is 12.2. The van der Waals surface area contributed by atoms with Gasteiger partial charge in [-0.3, -0.25) is 14.4 Å². The Bertz CT molecular complexity index is 811. The molecule has 4 atom stereocenters. The molecule has 4 rings (SSSR count). The number of carbonyl (C=O) groups excluding carboxylic acids is 3. The number of imide groups is 1. The quantitative estimate of drug-likeness (QED) is 0.662. The van der Waals surface area contributed by atoms with Gasteiger partial charge in [0, 0.05) is 5.41 Å². The molecule has 1 aromatic carbocycles. The second-order valence-electron chi connectivity index (χ2n) is 8.18. The van der Waals surface area contributed by atoms with Crippen molar-refractivity contribution in [1.29, 1.82) is 0 Å². The summed E-state index contributed by atoms with van der Waals surface area (Å²) in [5.41, 5.74) is -0.917. The molecule has 26 heavy (non-hydrogen) atoms. The van der Waals surface area contributed by atoms with E-state index in [1.165, 1.54) is 4.90 Å². The highest BCUT2D eigenvalue weighted by Gasteiger charge is 2.67. The second kappa shape index (κ2) is 5.51. The Morgan fingerprint density at radius 2 is 1.88 bits per heavy atom. The van der Waals surface area contributed by atoms with E-state index < -0.39 is 29.0 Å². The minimum atomic E-state index is -0.952. The van der Waals surface area contributed by atoms with Crippen LogP contribution in [0.1, 0.15) is 20.8 Å². The van der Waals surface area contributed by atoms with E-state index in [4.69, 9.17) is 4.74 Å². The lowest BCUT2D eigenvalue weighted by atomic mass is 9.76. The number of rotatable bonds is 3. The Labute approximate surface area is 152 Å². The Morgan fingerprint density at radius 1 is 1.19 bits per heavy atom. The molecule has 0 aromatic heterocycles. The molecule has 136 valence electrons. The molecule has 1 N–H and O–H groups in total. The molecule has 2 bridgehead atoms. The molecule has 3 heterocycles. The second-order valence-corrected chi connectivity index (χ2v) is 8.18. The molecule has 2 saturated heterocycles. The monoisotopic (exact) mass is 354 g/mol. The number of anilines is 1. The fourth-order valence-corrected chi connectivity index (χ4v) is 4.02. The van der Waals surface area contributed by atoms with Crippen molar-refractivity contribution in [2.24, 2.45) is 17.3 Å². The summed E-state index contributed by atoms with van der Waals surface area (Å²) in [4.78, 5) is 39.6. The number of nitrogens with one attached hydrogen (secondary N) is 1. The van der Waals surface area contributed by atoms with Crippen LogP contribution in [0.3, 0.4) is 0 Å². The van der Waals surface area contributed by atoms with Gasteiger partial charge in [-0.2, -0.15) is 0 Å². The van der Waals surface area contributed by atoms with Gasteiger partial charge in [0.25, 0.3) is 0 Å². The van der Waals surface area contributed by atoms with E-state index in [0.717, 1.165) is 0 Å². The van der Waals surface area contributed by atoms with Gasteiger partial charge in [0.2, 0.25) is 17.7 Å². The average Bonchev–Trinajstić information content (AvgIpc) is 3.23. The fraction of sp³-hybridized carbons (Fsp3) is 0.450. The van der Waals surface area contributed by atoms with E-state index >= 15 is 0 Å². The van der Waals surface area contributed by atoms with Crippen molar-refractivity contribution in [3.8, 4) is 0 Å². The summed E-state index contributed by atoms with van der Waals surface area (Å²) >= 11 is 0. The summed E-state index contributed by atoms with van der Waals surface area (Å²) < 4.78 is 6.02. The maximum absolute atomic E-state index is 13.1. The highest BCUT2D eigenvalue weighted by Crippen LogP contribution is 2.52. The van der Waals surface area contributed by atoms with Crippen LogP contribution in [0.5, 0.6) is 0 Å². The lowest BCUT2D eigenvalue weighted by molar-refractivity contribution is -0.132. The van der Waals surface area contributed by atoms with E-state index in [1.807, 2.05) is 39.0 Å². The number of benzene rings is 1. The van der Waals surface area contributed by atoms with Crippen LogP contribution >= 0.6 is 0 Å². The van der Waals surface area contributed by atoms with Gasteiger partial charge in [0.05, 0.1) is 30.2 Å². The zero-order valence-corrected chi connectivity index (χ0v) is 15.1. The molecular formula is C20H22N2O4. The van der Waals surface area contributed by atoms with Crippen LogP contribution in [0.4, 0.5) is 5.69 Å². The number of ether oxygens (including phenoxy) is 1. The first kappa shape index (κ1) is 17.0. The Hall–Kier alpha value is -2.47. The van der Waals surface area contributed by atoms with Crippen molar-refractivity contribution >= 4 is 23.4 Å². The lowest BCUT2D eigenvalue weighted by Gasteiger charge is -2.30. The Kier molecular flexibility index (Phi) is 3.60. The maximum Gasteiger partial charge on any atom is 0.241 e. The third kappa shape index (κ3) is 2.32. The molecule has 2 fully saturated rings. The van der Waals surface area contributed by atoms with Crippen molar-refractivity contribution < 1.29 is 19.1 Å². The molecule has 1 aromatic rings. The van der Waals surface area contributed by atoms with Crippen molar-refractivity contribution in [3.05, 3.63) is 42.5 Å². The minimum absolute atomic E-state index is 0.118. The summed E-state index contributed by atoms with van der Waals surface area (Å²) in [6.07, 6.45) is 3.25. The smallest absolute Gasteiger partial charge is 0.241 e. The van der Waals surface area contributed by atoms with Gasteiger partial charge in [-0.15, -0.1) is 0 Å². The van der Waals surface area contributed by atoms with E-state index in [-0.39, 0.29) is 24.3 Å². The van der Waals surface area contributed by atoms with E-state index in [2.05, 4.69) is 5.32 Å². The molecule has 0 saturated carbocycles. The molecule has 0 spiro atoms. The van der Waals surface area contributed by atoms with Crippen LogP contribution in [-0.4, -0.2) is 36.0 Å². The average molecular weight is 354 g/mol. The molecule has 6 heteroatoms. The summed E-state index contributed by atoms with van der Waals surface area (Å²) in [6, 6.07) is 8.94. The molecule has 0 unspecified atom stereocenters. The zero-order valence-electron chi connectivity index (χ0n) is 15.1. The normalized spacial score (nSPS) is 32.3. The van der Waals surface area contributed by atoms with Gasteiger partial charge < -0.3 is 10.1 Å². The van der Waals surface area contributed by atoms with Crippen LogP contribution in [0, 0.1) is 17.3 Å². The molecule has 0 radical (unpaired) electrons. The summed E-state index contributed by atoms with van der Waals surface area (Å²) in [6.45, 7) is 5.66. The first-order valence-corrected chi connectivity index (χ1v) is 8.83. The van der Waals surface area contributed by atoms with Gasteiger partial charge in [0.1, 0.15) is 5.60 Å². The highest BCUT2D eigenvalue weighted by atomic mass is 16.5. The van der Waals surface area contributed by atoms with Crippen molar-refractivity contribution in [2.45, 2.75) is 32.5 Å². The number of carbonyl (C=O) groups is 3. The van der Waals surface area contributed by atoms with Gasteiger partial charge >= 0.3 is 0 Å². The van der Waals surface area contributed by atoms with Gasteiger partial charge in [0.15, 0.2) is 0 Å². The van der Waals surface area contributed by atoms with E-state index in [9.17, 15) is 14.4 Å². The third-order valence-corrected chi connectivity index (χ3v) is 5.38. The molecule has 3 aliphatic heterocycles. The Morgan fingerprint density at radius 3 is 2.54 bits per heavy atom. The lowest BCUT2D eigenvalue weighted by Crippen LogP contribution is -2.50. The van der Waals surface area contributed by atoms with Crippen molar-refractivity contribution in [2.75, 3.05) is 11.4 Å². The van der Waals surface area contributed by atoms with Crippen molar-refractivity contribution in [3.63, 3.8) is 0 Å². The van der Waals surface area contributed by atoms with Gasteiger partial charge in [-0.25, -0.2) is 4.90 Å². The Balaban J connectivity index is 1.62. The maximum atomic E-state index is 13.1. The molecular weight excluding hydrogens is 332 g/mol. The number of nitrogens with zero attached hydrogens (tertiary/aromatic N) is 1. The number of hydrogen-bond donors (Lipinski definition) is 1. The van der Waals surface area contributed by atoms with Crippen LogP contribution < -0.4 is 10.2 Å². The largest absolute Gasteiger partial charge is 0.360 e. The van der Waals surface area contributed by atoms with Crippen LogP contribution in [0.2, 0.25) is 0 Å². The molecule has 6 nitrogen and oxygen atoms in total. The standard InChI is InChI=1S/C20H22N2O4/c1-19(2,3)18(25)21-11-20-10-9-13(26-20)14-15(20)17(24)22(16(14)23)12-7-5-4-6-8-12/h4-10,13-15H,11H2,1-3H3,(H,21,25)/t13-,14+,15-,20-/m1/s1. The number of fused-ring (bicyclic) bond motifs is 5. The third-order valence-electron chi connectivity index (χ3n) is 5.38. The number of hydrogen-bond acceptors (Lipinski definition) is 4. The molecule has 3 aliphatic rings. The van der Waals surface area contributed by atoms with Gasteiger partial charge in [-0.1, -0.05) is 51.1 Å². The number of para-hydroxylation sites is 1. The van der Waals surface area contributed by atoms with Crippen LogP contribution in [-0.2, 0) is 19.1 Å². The van der Waals surface area contributed by atoms with E-state index in [0.29, 0.717) is 5.69 Å². The fourth-order valence-electron chi connectivity index (χ4n) is 4.02. The minimum Gasteiger partial charge on any atom is -0.360 e. The summed E-state index contributed by atoms with van der Waals surface area (Å²) in [5.74, 6) is -1.75. The predicted molar refractivity (Wildman–Crippen MR) is 95.1 cm³/mol. The van der Waals surface area contributed by atoms with Crippen LogP contribution in [0.25, 0.3) is 0 Å². The highest BCUT2D eigenvalue weighted by molar-refractivity contribution is 6.23. The zero-order chi connectivity index (χ0) is 18.7. The SMILES string of the molecule is CC(C)(C)C(=O)NC[C@@]12C=C[C@@H](O1)[C@@H]1C(=O)N(c3ccccc3)C(=O)[C@@H]12. The van der Waals surface area contributed by atoms with Crippen LogP contribution in [0.15, 0.2) is 42.5 Å².